The van der Waals surface area contributed by atoms with Crippen LogP contribution in [0.1, 0.15) is 44.1 Å². The zero-order valence-electron chi connectivity index (χ0n) is 15.9. The number of allylic oxidation sites excluding steroid dienone is 3. The summed E-state index contributed by atoms with van der Waals surface area (Å²) in [7, 11) is 0. The molecule has 2 atom stereocenters. The molecule has 5 rings (SSSR count). The van der Waals surface area contributed by atoms with Crippen molar-refractivity contribution < 1.29 is 18.3 Å². The number of ether oxygens (including phenoxy) is 1. The highest BCUT2D eigenvalue weighted by Gasteiger charge is 2.53. The van der Waals surface area contributed by atoms with Crippen molar-refractivity contribution >= 4 is 22.7 Å². The van der Waals surface area contributed by atoms with Gasteiger partial charge >= 0.3 is 0 Å². The number of halogens is 2. The third-order valence-electron chi connectivity index (χ3n) is 6.08. The molecular formula is C22H22F2N2O2S. The van der Waals surface area contributed by atoms with Crippen molar-refractivity contribution in [3.8, 4) is 5.75 Å². The lowest BCUT2D eigenvalue weighted by atomic mass is 9.97. The number of hydrazone groups is 1. The monoisotopic (exact) mass is 416 g/mol. The van der Waals surface area contributed by atoms with E-state index in [9.17, 15) is 13.6 Å². The molecule has 2 unspecified atom stereocenters. The highest BCUT2D eigenvalue weighted by Crippen LogP contribution is 2.55. The number of fused-ring (bicyclic) bond motifs is 2. The molecule has 0 aromatic heterocycles. The average Bonchev–Trinajstić information content (AvgIpc) is 3.39. The fourth-order valence-corrected chi connectivity index (χ4v) is 5.98. The molecule has 0 saturated heterocycles. The maximum absolute atomic E-state index is 14.6. The number of hydrogen-bond acceptors (Lipinski definition) is 4. The Morgan fingerprint density at radius 3 is 2.90 bits per heavy atom. The van der Waals surface area contributed by atoms with Gasteiger partial charge in [0, 0.05) is 29.9 Å². The number of rotatable bonds is 2. The van der Waals surface area contributed by atoms with E-state index in [0.717, 1.165) is 31.2 Å². The summed E-state index contributed by atoms with van der Waals surface area (Å²) in [4.78, 5) is 12.7. The molecule has 0 bridgehead atoms. The van der Waals surface area contributed by atoms with Crippen LogP contribution in [-0.4, -0.2) is 28.7 Å². The standard InChI is InChI=1S/C22H22F2N2O2S/c23-15-9-10-18(24)16(13-15)20-25-26(21(27)14-5-1-2-6-14)22(29-20)11-12-28-19-8-4-3-7-17(19)22/h3-4,7-8,10,13-15H,1-2,5-6,9,11-12H2. The molecule has 7 heteroatoms. The molecule has 1 saturated carbocycles. The Labute approximate surface area is 172 Å². The largest absolute Gasteiger partial charge is 0.493 e. The molecule has 1 fully saturated rings. The second-order valence-corrected chi connectivity index (χ2v) is 9.17. The molecule has 2 heterocycles. The second-order valence-electron chi connectivity index (χ2n) is 7.90. The van der Waals surface area contributed by atoms with Gasteiger partial charge < -0.3 is 4.74 Å². The van der Waals surface area contributed by atoms with Gasteiger partial charge in [-0.05, 0) is 31.1 Å². The average molecular weight is 416 g/mol. The highest BCUT2D eigenvalue weighted by molar-refractivity contribution is 8.15. The Bertz CT molecular complexity index is 938. The minimum atomic E-state index is -1.25. The Kier molecular flexibility index (Phi) is 4.73. The molecule has 0 N–H and O–H groups in total. The van der Waals surface area contributed by atoms with E-state index < -0.39 is 16.9 Å². The Morgan fingerprint density at radius 1 is 1.28 bits per heavy atom. The smallest absolute Gasteiger partial charge is 0.247 e. The quantitative estimate of drug-likeness (QED) is 0.664. The van der Waals surface area contributed by atoms with Crippen LogP contribution < -0.4 is 4.74 Å². The molecule has 2 aliphatic heterocycles. The van der Waals surface area contributed by atoms with Crippen LogP contribution in [0.25, 0.3) is 0 Å². The summed E-state index contributed by atoms with van der Waals surface area (Å²) in [6.07, 6.45) is 5.63. The number of carbonyl (C=O) groups excluding carboxylic acids is 1. The van der Waals surface area contributed by atoms with Gasteiger partial charge in [0.05, 0.1) is 6.61 Å². The number of amides is 1. The number of alkyl halides is 1. The topological polar surface area (TPSA) is 41.9 Å². The molecule has 1 amide bonds. The van der Waals surface area contributed by atoms with Gasteiger partial charge in [0.2, 0.25) is 5.91 Å². The first-order chi connectivity index (χ1) is 14.1. The normalized spacial score (nSPS) is 29.2. The van der Waals surface area contributed by atoms with Crippen LogP contribution in [0.15, 0.2) is 52.9 Å². The first kappa shape index (κ1) is 18.9. The van der Waals surface area contributed by atoms with E-state index in [1.165, 1.54) is 23.9 Å². The first-order valence-electron chi connectivity index (χ1n) is 10.1. The Morgan fingerprint density at radius 2 is 2.07 bits per heavy atom. The van der Waals surface area contributed by atoms with E-state index in [1.54, 1.807) is 5.01 Å². The fraction of sp³-hybridized carbons (Fsp3) is 0.455. The SMILES string of the molecule is O=C(C1CCCC1)N1N=C(C2=CC(F)CC=C2F)SC12CCOc1ccccc12. The van der Waals surface area contributed by atoms with Gasteiger partial charge in [-0.15, -0.1) is 0 Å². The maximum Gasteiger partial charge on any atom is 0.247 e. The van der Waals surface area contributed by atoms with Crippen molar-refractivity contribution in [2.75, 3.05) is 6.61 Å². The van der Waals surface area contributed by atoms with E-state index >= 15 is 0 Å². The van der Waals surface area contributed by atoms with E-state index in [-0.39, 0.29) is 23.8 Å². The van der Waals surface area contributed by atoms with Crippen molar-refractivity contribution in [3.05, 3.63) is 53.4 Å². The van der Waals surface area contributed by atoms with Crippen molar-refractivity contribution in [2.24, 2.45) is 11.0 Å². The molecule has 4 nitrogen and oxygen atoms in total. The van der Waals surface area contributed by atoms with Gasteiger partial charge in [-0.1, -0.05) is 42.8 Å². The summed E-state index contributed by atoms with van der Waals surface area (Å²) >= 11 is 1.34. The van der Waals surface area contributed by atoms with Crippen molar-refractivity contribution in [2.45, 2.75) is 49.6 Å². The number of hydrogen-bond donors (Lipinski definition) is 0. The van der Waals surface area contributed by atoms with Crippen LogP contribution in [0.2, 0.25) is 0 Å². The zero-order chi connectivity index (χ0) is 20.0. The van der Waals surface area contributed by atoms with Crippen LogP contribution in [0.4, 0.5) is 8.78 Å². The number of para-hydroxylation sites is 1. The van der Waals surface area contributed by atoms with E-state index in [4.69, 9.17) is 4.74 Å². The molecular weight excluding hydrogens is 394 g/mol. The van der Waals surface area contributed by atoms with Gasteiger partial charge in [-0.25, -0.2) is 13.8 Å². The fourth-order valence-electron chi connectivity index (χ4n) is 4.58. The lowest BCUT2D eigenvalue weighted by Gasteiger charge is -2.40. The summed E-state index contributed by atoms with van der Waals surface area (Å²) in [5.41, 5.74) is 1.01. The predicted octanol–water partition coefficient (Wildman–Crippen LogP) is 5.22. The summed E-state index contributed by atoms with van der Waals surface area (Å²) in [5, 5.41) is 6.53. The van der Waals surface area contributed by atoms with E-state index in [2.05, 4.69) is 5.10 Å². The summed E-state index contributed by atoms with van der Waals surface area (Å²) in [6, 6.07) is 7.62. The molecule has 1 aromatic carbocycles. The first-order valence-corrected chi connectivity index (χ1v) is 11.0. The van der Waals surface area contributed by atoms with Gasteiger partial charge in [-0.2, -0.15) is 5.10 Å². The number of benzene rings is 1. The lowest BCUT2D eigenvalue weighted by molar-refractivity contribution is -0.139. The molecule has 0 radical (unpaired) electrons. The molecule has 4 aliphatic rings. The van der Waals surface area contributed by atoms with Gasteiger partial charge in [0.15, 0.2) is 0 Å². The highest BCUT2D eigenvalue weighted by atomic mass is 32.2. The Hall–Kier alpha value is -2.15. The Balaban J connectivity index is 1.60. The lowest BCUT2D eigenvalue weighted by Crippen LogP contribution is -2.46. The summed E-state index contributed by atoms with van der Waals surface area (Å²) < 4.78 is 34.4. The summed E-state index contributed by atoms with van der Waals surface area (Å²) in [5.74, 6) is 0.138. The van der Waals surface area contributed by atoms with Gasteiger partial charge in [0.25, 0.3) is 0 Å². The van der Waals surface area contributed by atoms with Gasteiger partial charge in [0.1, 0.15) is 27.7 Å². The van der Waals surface area contributed by atoms with Crippen LogP contribution >= 0.6 is 11.8 Å². The number of nitrogens with zero attached hydrogens (tertiary/aromatic N) is 2. The third kappa shape index (κ3) is 3.10. The molecule has 1 spiro atoms. The summed E-state index contributed by atoms with van der Waals surface area (Å²) in [6.45, 7) is 0.435. The van der Waals surface area contributed by atoms with E-state index in [0.29, 0.717) is 23.8 Å². The number of thioether (sulfide) groups is 1. The van der Waals surface area contributed by atoms with Crippen LogP contribution in [0.5, 0.6) is 5.75 Å². The van der Waals surface area contributed by atoms with Crippen molar-refractivity contribution in [1.29, 1.82) is 0 Å². The minimum absolute atomic E-state index is 0.0276. The van der Waals surface area contributed by atoms with Crippen LogP contribution in [0.3, 0.4) is 0 Å². The maximum atomic E-state index is 14.6. The number of carbonyl (C=O) groups is 1. The minimum Gasteiger partial charge on any atom is -0.493 e. The van der Waals surface area contributed by atoms with Crippen LogP contribution in [-0.2, 0) is 9.67 Å². The molecule has 152 valence electrons. The third-order valence-corrected chi connectivity index (χ3v) is 7.51. The van der Waals surface area contributed by atoms with Crippen LogP contribution in [0, 0.1) is 5.92 Å². The molecule has 29 heavy (non-hydrogen) atoms. The van der Waals surface area contributed by atoms with Crippen molar-refractivity contribution in [1.82, 2.24) is 5.01 Å². The molecule has 1 aromatic rings. The second kappa shape index (κ2) is 7.27. The van der Waals surface area contributed by atoms with E-state index in [1.807, 2.05) is 24.3 Å². The predicted molar refractivity (Wildman–Crippen MR) is 109 cm³/mol. The molecule has 2 aliphatic carbocycles. The van der Waals surface area contributed by atoms with Gasteiger partial charge in [-0.3, -0.25) is 4.79 Å². The van der Waals surface area contributed by atoms with Crippen molar-refractivity contribution in [3.63, 3.8) is 0 Å². The zero-order valence-corrected chi connectivity index (χ0v) is 16.8.